The minimum atomic E-state index is -6.48. The van der Waals surface area contributed by atoms with Crippen LogP contribution in [-0.2, 0) is 30.1 Å². The number of halogens is 12. The van der Waals surface area contributed by atoms with E-state index < -0.39 is 66.4 Å². The fourth-order valence-corrected chi connectivity index (χ4v) is 2.83. The maximum atomic E-state index is 13.6. The zero-order chi connectivity index (χ0) is 27.5. The summed E-state index contributed by atoms with van der Waals surface area (Å²) < 4.78 is 179. The van der Waals surface area contributed by atoms with E-state index in [-0.39, 0.29) is 24.3 Å². The van der Waals surface area contributed by atoms with Crippen molar-refractivity contribution in [2.24, 2.45) is 0 Å². The van der Waals surface area contributed by atoms with Crippen LogP contribution in [-0.4, -0.2) is 51.2 Å². The standard InChI is InChI=1S/C18H14F12O5/c1-3-33-8-9-34-13(15(19,20)21,16(22,23)24)10-4-6-11(7-5-10)14(17(25,26)27,18(28,29)30)35-12(31)32-2/h3-7H,1,8-9H2,2H3. The number of carbonyl (C=O) groups excluding carboxylic acids is 1. The van der Waals surface area contributed by atoms with Crippen LogP contribution in [0.3, 0.4) is 0 Å². The summed E-state index contributed by atoms with van der Waals surface area (Å²) in [6, 6.07) is -1.38. The number of ether oxygens (including phenoxy) is 4. The van der Waals surface area contributed by atoms with Gasteiger partial charge in [-0.1, -0.05) is 30.8 Å². The first-order valence-corrected chi connectivity index (χ1v) is 8.74. The van der Waals surface area contributed by atoms with E-state index in [1.165, 1.54) is 0 Å². The van der Waals surface area contributed by atoms with Gasteiger partial charge in [0.2, 0.25) is 0 Å². The third kappa shape index (κ3) is 5.54. The van der Waals surface area contributed by atoms with Gasteiger partial charge in [0.25, 0.3) is 5.60 Å². The summed E-state index contributed by atoms with van der Waals surface area (Å²) >= 11 is 0. The van der Waals surface area contributed by atoms with Crippen molar-refractivity contribution in [1.82, 2.24) is 0 Å². The van der Waals surface area contributed by atoms with E-state index >= 15 is 0 Å². The molecule has 0 unspecified atom stereocenters. The molecule has 35 heavy (non-hydrogen) atoms. The Morgan fingerprint density at radius 2 is 1.11 bits per heavy atom. The van der Waals surface area contributed by atoms with Crippen LogP contribution in [0, 0.1) is 0 Å². The van der Waals surface area contributed by atoms with Gasteiger partial charge in [-0.15, -0.1) is 0 Å². The summed E-state index contributed by atoms with van der Waals surface area (Å²) in [7, 11) is 0.359. The SMILES string of the molecule is C=COCCOC(c1ccc(C(OC(=O)OC)(C(F)(F)F)C(F)(F)F)cc1)(C(F)(F)F)C(F)(F)F. The highest BCUT2D eigenvalue weighted by atomic mass is 19.4. The highest BCUT2D eigenvalue weighted by Gasteiger charge is 2.76. The van der Waals surface area contributed by atoms with Crippen LogP contribution in [0.1, 0.15) is 11.1 Å². The lowest BCUT2D eigenvalue weighted by Gasteiger charge is -2.38. The van der Waals surface area contributed by atoms with Gasteiger partial charge in [0.05, 0.1) is 20.0 Å². The Hall–Kier alpha value is -2.85. The van der Waals surface area contributed by atoms with Gasteiger partial charge in [-0.05, 0) is 0 Å². The van der Waals surface area contributed by atoms with E-state index in [9.17, 15) is 57.5 Å². The largest absolute Gasteiger partial charge is 0.509 e. The second-order valence-corrected chi connectivity index (χ2v) is 6.37. The van der Waals surface area contributed by atoms with Crippen LogP contribution in [0.25, 0.3) is 0 Å². The van der Waals surface area contributed by atoms with Crippen molar-refractivity contribution in [3.63, 3.8) is 0 Å². The first-order chi connectivity index (χ1) is 15.7. The monoisotopic (exact) mass is 538 g/mol. The summed E-state index contributed by atoms with van der Waals surface area (Å²) in [5.74, 6) is 0. The predicted molar refractivity (Wildman–Crippen MR) is 89.6 cm³/mol. The number of hydrogen-bond donors (Lipinski definition) is 0. The van der Waals surface area contributed by atoms with Crippen molar-refractivity contribution in [2.45, 2.75) is 35.9 Å². The minimum Gasteiger partial charge on any atom is -0.499 e. The summed E-state index contributed by atoms with van der Waals surface area (Å²) in [6.07, 6.45) is -27.4. The summed E-state index contributed by atoms with van der Waals surface area (Å²) in [5, 5.41) is 0. The fourth-order valence-electron chi connectivity index (χ4n) is 2.83. The first kappa shape index (κ1) is 30.2. The molecule has 1 aromatic carbocycles. The second kappa shape index (κ2) is 10.0. The molecule has 0 saturated carbocycles. The molecule has 1 aromatic rings. The molecule has 0 N–H and O–H groups in total. The molecule has 0 aliphatic rings. The maximum absolute atomic E-state index is 13.6. The molecule has 0 atom stereocenters. The van der Waals surface area contributed by atoms with E-state index in [1.54, 1.807) is 0 Å². The number of hydrogen-bond acceptors (Lipinski definition) is 5. The molecule has 200 valence electrons. The lowest BCUT2D eigenvalue weighted by molar-refractivity contribution is -0.390. The van der Waals surface area contributed by atoms with Crippen molar-refractivity contribution < 1.29 is 76.4 Å². The number of benzene rings is 1. The highest BCUT2D eigenvalue weighted by Crippen LogP contribution is 2.55. The zero-order valence-electron chi connectivity index (χ0n) is 17.1. The van der Waals surface area contributed by atoms with Crippen molar-refractivity contribution in [3.05, 3.63) is 48.2 Å². The van der Waals surface area contributed by atoms with Crippen molar-refractivity contribution in [1.29, 1.82) is 0 Å². The Bertz CT molecular complexity index is 840. The van der Waals surface area contributed by atoms with Gasteiger partial charge < -0.3 is 18.9 Å². The topological polar surface area (TPSA) is 54.0 Å². The smallest absolute Gasteiger partial charge is 0.499 e. The molecule has 0 aliphatic carbocycles. The molecule has 0 spiro atoms. The normalized spacial score (nSPS) is 13.9. The average molecular weight is 538 g/mol. The van der Waals surface area contributed by atoms with Crippen LogP contribution >= 0.6 is 0 Å². The molecule has 0 radical (unpaired) electrons. The van der Waals surface area contributed by atoms with Crippen molar-refractivity contribution in [2.75, 3.05) is 20.3 Å². The van der Waals surface area contributed by atoms with Crippen molar-refractivity contribution in [3.8, 4) is 0 Å². The highest BCUT2D eigenvalue weighted by molar-refractivity contribution is 5.61. The van der Waals surface area contributed by atoms with Crippen LogP contribution in [0.15, 0.2) is 37.1 Å². The number of methoxy groups -OCH3 is 1. The van der Waals surface area contributed by atoms with Gasteiger partial charge in [-0.3, -0.25) is 0 Å². The first-order valence-electron chi connectivity index (χ1n) is 8.74. The second-order valence-electron chi connectivity index (χ2n) is 6.37. The Labute approximate surface area is 188 Å². The van der Waals surface area contributed by atoms with E-state index in [4.69, 9.17) is 0 Å². The third-order valence-electron chi connectivity index (χ3n) is 4.34. The number of alkyl halides is 12. The zero-order valence-corrected chi connectivity index (χ0v) is 17.1. The summed E-state index contributed by atoms with van der Waals surface area (Å²) in [4.78, 5) is 11.2. The van der Waals surface area contributed by atoms with E-state index in [0.717, 1.165) is 0 Å². The van der Waals surface area contributed by atoms with Gasteiger partial charge in [-0.25, -0.2) is 4.79 Å². The van der Waals surface area contributed by atoms with Gasteiger partial charge in [-0.2, -0.15) is 52.7 Å². The Morgan fingerprint density at radius 1 is 0.743 bits per heavy atom. The molecule has 17 heteroatoms. The van der Waals surface area contributed by atoms with Gasteiger partial charge in [0.1, 0.15) is 6.61 Å². The Balaban J connectivity index is 3.82. The van der Waals surface area contributed by atoms with Crippen LogP contribution in [0.4, 0.5) is 57.5 Å². The maximum Gasteiger partial charge on any atom is 0.509 e. The van der Waals surface area contributed by atoms with E-state index in [0.29, 0.717) is 13.4 Å². The quantitative estimate of drug-likeness (QED) is 0.169. The average Bonchev–Trinajstić information content (AvgIpc) is 2.68. The molecular weight excluding hydrogens is 524 g/mol. The molecule has 0 fully saturated rings. The fraction of sp³-hybridized carbons (Fsp3) is 0.500. The van der Waals surface area contributed by atoms with Crippen LogP contribution in [0.5, 0.6) is 0 Å². The third-order valence-corrected chi connectivity index (χ3v) is 4.34. The number of rotatable bonds is 8. The van der Waals surface area contributed by atoms with Gasteiger partial charge in [0.15, 0.2) is 0 Å². The van der Waals surface area contributed by atoms with E-state index in [2.05, 4.69) is 25.5 Å². The van der Waals surface area contributed by atoms with Gasteiger partial charge >= 0.3 is 36.5 Å². The minimum absolute atomic E-state index is 0.322. The number of carbonyl (C=O) groups is 1. The van der Waals surface area contributed by atoms with E-state index in [1.807, 2.05) is 0 Å². The molecule has 0 bridgehead atoms. The van der Waals surface area contributed by atoms with Crippen LogP contribution < -0.4 is 0 Å². The molecule has 0 saturated heterocycles. The molecule has 0 amide bonds. The Morgan fingerprint density at radius 3 is 1.43 bits per heavy atom. The lowest BCUT2D eigenvalue weighted by atomic mass is 9.86. The lowest BCUT2D eigenvalue weighted by Crippen LogP contribution is -2.57. The molecule has 0 aliphatic heterocycles. The van der Waals surface area contributed by atoms with Gasteiger partial charge in [0, 0.05) is 11.1 Å². The Kier molecular flexibility index (Phi) is 8.64. The predicted octanol–water partition coefficient (Wildman–Crippen LogP) is 6.29. The molecular formula is C18H14F12O5. The summed E-state index contributed by atoms with van der Waals surface area (Å²) in [5.41, 5.74) is -14.7. The molecule has 0 heterocycles. The molecule has 0 aromatic heterocycles. The van der Waals surface area contributed by atoms with Crippen molar-refractivity contribution >= 4 is 6.16 Å². The summed E-state index contributed by atoms with van der Waals surface area (Å²) in [6.45, 7) is 0.763. The molecule has 5 nitrogen and oxygen atoms in total. The van der Waals surface area contributed by atoms with Crippen LogP contribution in [0.2, 0.25) is 0 Å². The molecule has 1 rings (SSSR count).